The van der Waals surface area contributed by atoms with E-state index in [0.717, 1.165) is 30.5 Å². The highest BCUT2D eigenvalue weighted by Gasteiger charge is 2.55. The Balaban J connectivity index is 1.19. The molecule has 0 amide bonds. The Bertz CT molecular complexity index is 3510. The van der Waals surface area contributed by atoms with Crippen LogP contribution < -0.4 is 26.4 Å². The molecule has 0 spiro atoms. The molecule has 6 aromatic carbocycles. The van der Waals surface area contributed by atoms with Gasteiger partial charge in [-0.1, -0.05) is 159 Å². The Morgan fingerprint density at radius 1 is 0.466 bits per heavy atom. The highest BCUT2D eigenvalue weighted by Crippen LogP contribution is 2.62. The molecule has 374 valence electrons. The number of hydrogen-bond acceptors (Lipinski definition) is 3. The van der Waals surface area contributed by atoms with Crippen molar-refractivity contribution in [3.05, 3.63) is 148 Å². The molecule has 2 aliphatic heterocycles. The van der Waals surface area contributed by atoms with Crippen LogP contribution in [0.4, 0.5) is 34.1 Å². The number of fused-ring (bicyclic) bond motifs is 13. The normalized spacial score (nSPS) is 23.4. The first-order valence-electron chi connectivity index (χ1n) is 28.0. The van der Waals surface area contributed by atoms with Gasteiger partial charge in [-0.25, -0.2) is 0 Å². The summed E-state index contributed by atoms with van der Waals surface area (Å²) in [6.45, 7) is 39.0. The predicted molar refractivity (Wildman–Crippen MR) is 312 cm³/mol. The first-order chi connectivity index (χ1) is 34.1. The van der Waals surface area contributed by atoms with Crippen molar-refractivity contribution in [2.45, 2.75) is 199 Å². The van der Waals surface area contributed by atoms with Crippen molar-refractivity contribution in [1.82, 2.24) is 0 Å². The van der Waals surface area contributed by atoms with Crippen molar-refractivity contribution < 1.29 is 4.42 Å². The molecular formula is C69H79BN2O. The van der Waals surface area contributed by atoms with E-state index in [1.165, 1.54) is 126 Å². The van der Waals surface area contributed by atoms with Crippen LogP contribution in [0.25, 0.3) is 22.1 Å². The lowest BCUT2D eigenvalue weighted by Gasteiger charge is -2.47. The summed E-state index contributed by atoms with van der Waals surface area (Å²) in [6.07, 6.45) is 8.36. The van der Waals surface area contributed by atoms with Gasteiger partial charge in [0.2, 0.25) is 0 Å². The number of nitrogens with zero attached hydrogens (tertiary/aromatic N) is 2. The average molecular weight is 963 g/mol. The summed E-state index contributed by atoms with van der Waals surface area (Å²) in [4.78, 5) is 5.41. The Hall–Kier alpha value is -5.48. The molecule has 4 aliphatic carbocycles. The molecule has 0 radical (unpaired) electrons. The van der Waals surface area contributed by atoms with Crippen molar-refractivity contribution in [2.75, 3.05) is 9.80 Å². The number of hydrogen-bond donors (Lipinski definition) is 0. The first-order valence-corrected chi connectivity index (χ1v) is 28.0. The second kappa shape index (κ2) is 14.7. The van der Waals surface area contributed by atoms with Crippen molar-refractivity contribution >= 4 is 68.4 Å². The molecule has 7 aromatic rings. The van der Waals surface area contributed by atoms with Crippen LogP contribution in [-0.4, -0.2) is 6.71 Å². The van der Waals surface area contributed by atoms with Crippen molar-refractivity contribution in [1.29, 1.82) is 0 Å². The average Bonchev–Trinajstić information content (AvgIpc) is 3.96. The highest BCUT2D eigenvalue weighted by atomic mass is 16.3. The van der Waals surface area contributed by atoms with Crippen LogP contribution in [0.3, 0.4) is 0 Å². The quantitative estimate of drug-likeness (QED) is 0.165. The number of benzene rings is 6. The third kappa shape index (κ3) is 6.69. The zero-order chi connectivity index (χ0) is 51.5. The van der Waals surface area contributed by atoms with Gasteiger partial charge in [-0.3, -0.25) is 0 Å². The fourth-order valence-electron chi connectivity index (χ4n) is 15.4. The van der Waals surface area contributed by atoms with Gasteiger partial charge in [0.15, 0.2) is 0 Å². The number of anilines is 6. The summed E-state index contributed by atoms with van der Waals surface area (Å²) < 4.78 is 7.81. The van der Waals surface area contributed by atoms with Crippen molar-refractivity contribution in [2.24, 2.45) is 0 Å². The second-order valence-electron chi connectivity index (χ2n) is 29.4. The fraction of sp³-hybridized carbons (Fsp3) is 0.449. The molecule has 1 aromatic heterocycles. The van der Waals surface area contributed by atoms with E-state index >= 15 is 0 Å². The van der Waals surface area contributed by atoms with Crippen molar-refractivity contribution in [3.8, 4) is 11.1 Å². The van der Waals surface area contributed by atoms with E-state index in [9.17, 15) is 0 Å². The minimum absolute atomic E-state index is 0.0113. The molecule has 2 unspecified atom stereocenters. The van der Waals surface area contributed by atoms with Gasteiger partial charge in [0.1, 0.15) is 5.58 Å². The maximum Gasteiger partial charge on any atom is 0.297 e. The molecule has 3 nitrogen and oxygen atoms in total. The maximum atomic E-state index is 7.81. The molecule has 3 heterocycles. The van der Waals surface area contributed by atoms with Gasteiger partial charge < -0.3 is 14.2 Å². The number of furan rings is 1. The van der Waals surface area contributed by atoms with Gasteiger partial charge in [0.25, 0.3) is 6.71 Å². The highest BCUT2D eigenvalue weighted by molar-refractivity contribution is 7.00. The predicted octanol–water partition coefficient (Wildman–Crippen LogP) is 17.2. The molecule has 1 fully saturated rings. The van der Waals surface area contributed by atoms with E-state index in [4.69, 9.17) is 4.42 Å². The van der Waals surface area contributed by atoms with Gasteiger partial charge in [0.05, 0.1) is 17.0 Å². The molecule has 13 rings (SSSR count). The van der Waals surface area contributed by atoms with Gasteiger partial charge in [-0.15, -0.1) is 0 Å². The fourth-order valence-corrected chi connectivity index (χ4v) is 15.4. The molecule has 6 aliphatic rings. The van der Waals surface area contributed by atoms with E-state index in [1.54, 1.807) is 5.56 Å². The second-order valence-corrected chi connectivity index (χ2v) is 29.4. The van der Waals surface area contributed by atoms with Crippen LogP contribution in [-0.2, 0) is 43.3 Å². The minimum Gasteiger partial charge on any atom is -0.468 e. The van der Waals surface area contributed by atoms with E-state index < -0.39 is 0 Å². The van der Waals surface area contributed by atoms with Gasteiger partial charge in [-0.05, 0) is 204 Å². The van der Waals surface area contributed by atoms with Crippen LogP contribution in [0, 0.1) is 0 Å². The Morgan fingerprint density at radius 2 is 1.03 bits per heavy atom. The zero-order valence-electron chi connectivity index (χ0n) is 47.1. The van der Waals surface area contributed by atoms with E-state index in [2.05, 4.69) is 224 Å². The van der Waals surface area contributed by atoms with Crippen LogP contribution in [0.2, 0.25) is 0 Å². The van der Waals surface area contributed by atoms with Gasteiger partial charge in [0, 0.05) is 33.7 Å². The van der Waals surface area contributed by atoms with Crippen molar-refractivity contribution in [3.63, 3.8) is 0 Å². The summed E-state index contributed by atoms with van der Waals surface area (Å²) >= 11 is 0. The SMILES string of the molecule is CC(C)(C)c1ccc(N2c3cc4c(cc3B3c5oc6cc7c(cc6c5N(c5ccc6c(c5)C(C)(C)CCC6(C)C)c5cc(C(C)(C)C)cc2c53)C2(C)CCC7(C)C2)C(C)(C)CCC4(C)C)c(-c2ccccc2)c1. The Kier molecular flexibility index (Phi) is 9.50. The van der Waals surface area contributed by atoms with Crippen LogP contribution >= 0.6 is 0 Å². The van der Waals surface area contributed by atoms with Crippen LogP contribution in [0.5, 0.6) is 0 Å². The monoisotopic (exact) mass is 963 g/mol. The van der Waals surface area contributed by atoms with E-state index in [0.29, 0.717) is 0 Å². The third-order valence-corrected chi connectivity index (χ3v) is 20.2. The summed E-state index contributed by atoms with van der Waals surface area (Å²) in [5.41, 5.74) is 26.8. The Labute approximate surface area is 438 Å². The largest absolute Gasteiger partial charge is 0.468 e. The maximum absolute atomic E-state index is 7.81. The molecule has 4 heteroatoms. The summed E-state index contributed by atoms with van der Waals surface area (Å²) in [5, 5.41) is 1.25. The summed E-state index contributed by atoms with van der Waals surface area (Å²) in [6, 6.07) is 41.7. The van der Waals surface area contributed by atoms with Crippen LogP contribution in [0.1, 0.15) is 200 Å². The molecule has 2 atom stereocenters. The van der Waals surface area contributed by atoms with E-state index in [1.807, 2.05) is 0 Å². The topological polar surface area (TPSA) is 19.6 Å². The lowest BCUT2D eigenvalue weighted by molar-refractivity contribution is 0.332. The number of rotatable bonds is 3. The first kappa shape index (κ1) is 47.3. The van der Waals surface area contributed by atoms with E-state index in [-0.39, 0.29) is 50.0 Å². The molecule has 2 bridgehead atoms. The Morgan fingerprint density at radius 3 is 1.64 bits per heavy atom. The molecular weight excluding hydrogens is 884 g/mol. The zero-order valence-corrected chi connectivity index (χ0v) is 47.1. The minimum atomic E-state index is -0.149. The van der Waals surface area contributed by atoms with Crippen LogP contribution in [0.15, 0.2) is 108 Å². The molecule has 1 saturated carbocycles. The molecule has 0 saturated heterocycles. The summed E-state index contributed by atoms with van der Waals surface area (Å²) in [7, 11) is 0. The van der Waals surface area contributed by atoms with Gasteiger partial charge in [-0.2, -0.15) is 0 Å². The standard InChI is InChI=1S/C69H79BN2O/c1-62(2,3)42-22-25-54(45(32-42)41-20-18-17-19-21-41)72-55-38-50-49(66(11,12)28-29-67(50,13)14)37-53(55)70-59-56(33-43(34-57(59)72)63(4,5)6)71(44-23-24-47-48(35-44)65(9,10)27-26-64(47,7)8)60-46-36-51-52(39-58(46)73-61(60)70)69(16)31-30-68(51,15)40-69/h17-25,32-39H,26-31,40H2,1-16H3. The lowest BCUT2D eigenvalue weighted by Crippen LogP contribution is -2.61. The molecule has 73 heavy (non-hydrogen) atoms. The smallest absolute Gasteiger partial charge is 0.297 e. The molecule has 0 N–H and O–H groups in total. The summed E-state index contributed by atoms with van der Waals surface area (Å²) in [5.74, 6) is 0. The lowest BCUT2D eigenvalue weighted by atomic mass is 9.35. The third-order valence-electron chi connectivity index (χ3n) is 20.2. The van der Waals surface area contributed by atoms with Gasteiger partial charge >= 0.3 is 0 Å².